The van der Waals surface area contributed by atoms with Gasteiger partial charge in [-0.15, -0.1) is 0 Å². The van der Waals surface area contributed by atoms with Gasteiger partial charge in [0.25, 0.3) is 5.91 Å². The number of ether oxygens (including phenoxy) is 1. The number of benzene rings is 2. The predicted molar refractivity (Wildman–Crippen MR) is 100 cm³/mol. The lowest BCUT2D eigenvalue weighted by Gasteiger charge is -2.17. The Morgan fingerprint density at radius 3 is 2.81 bits per heavy atom. The second-order valence-electron chi connectivity index (χ2n) is 6.49. The molecule has 0 spiro atoms. The second-order valence-corrected chi connectivity index (χ2v) is 6.49. The van der Waals surface area contributed by atoms with Crippen molar-refractivity contribution in [2.24, 2.45) is 0 Å². The Labute approximate surface area is 158 Å². The molecule has 0 bridgehead atoms. The standard InChI is InChI=1S/C21H23FN2O3/c1-2-27-19-9-4-3-8-18(19)21(26)23-13-20(25)24-11-10-16(14-24)15-6-5-7-17(22)12-15/h3-9,12,16H,2,10-11,13-14H2,1H3,(H,23,26). The zero-order valence-corrected chi connectivity index (χ0v) is 15.3. The van der Waals surface area contributed by atoms with E-state index in [-0.39, 0.29) is 30.1 Å². The van der Waals surface area contributed by atoms with Gasteiger partial charge in [0.1, 0.15) is 11.6 Å². The number of hydrogen-bond acceptors (Lipinski definition) is 3. The molecule has 2 amide bonds. The Hall–Kier alpha value is -2.89. The van der Waals surface area contributed by atoms with Crippen LogP contribution in [0.2, 0.25) is 0 Å². The van der Waals surface area contributed by atoms with Crippen molar-refractivity contribution < 1.29 is 18.7 Å². The average Bonchev–Trinajstić information content (AvgIpc) is 3.17. The highest BCUT2D eigenvalue weighted by atomic mass is 19.1. The van der Waals surface area contributed by atoms with E-state index in [1.165, 1.54) is 12.1 Å². The van der Waals surface area contributed by atoms with E-state index in [2.05, 4.69) is 5.32 Å². The molecule has 1 N–H and O–H groups in total. The molecule has 1 aliphatic heterocycles. The fraction of sp³-hybridized carbons (Fsp3) is 0.333. The quantitative estimate of drug-likeness (QED) is 0.851. The van der Waals surface area contributed by atoms with E-state index < -0.39 is 0 Å². The summed E-state index contributed by atoms with van der Waals surface area (Å²) in [5.41, 5.74) is 1.31. The first-order chi connectivity index (χ1) is 13.1. The fourth-order valence-electron chi connectivity index (χ4n) is 3.32. The SMILES string of the molecule is CCOc1ccccc1C(=O)NCC(=O)N1CCC(c2cccc(F)c2)C1. The molecule has 1 heterocycles. The van der Waals surface area contributed by atoms with Gasteiger partial charge in [-0.3, -0.25) is 9.59 Å². The number of hydrogen-bond donors (Lipinski definition) is 1. The van der Waals surface area contributed by atoms with Crippen molar-refractivity contribution >= 4 is 11.8 Å². The topological polar surface area (TPSA) is 58.6 Å². The summed E-state index contributed by atoms with van der Waals surface area (Å²) in [6, 6.07) is 13.4. The largest absolute Gasteiger partial charge is 0.493 e. The lowest BCUT2D eigenvalue weighted by molar-refractivity contribution is -0.129. The molecule has 5 nitrogen and oxygen atoms in total. The molecule has 0 saturated carbocycles. The average molecular weight is 370 g/mol. The number of rotatable bonds is 6. The maximum Gasteiger partial charge on any atom is 0.255 e. The number of para-hydroxylation sites is 1. The molecule has 1 saturated heterocycles. The smallest absolute Gasteiger partial charge is 0.255 e. The summed E-state index contributed by atoms with van der Waals surface area (Å²) in [6.07, 6.45) is 0.788. The number of carbonyl (C=O) groups excluding carboxylic acids is 2. The van der Waals surface area contributed by atoms with Gasteiger partial charge in [0.05, 0.1) is 18.7 Å². The molecule has 0 aliphatic carbocycles. The number of halogens is 1. The fourth-order valence-corrected chi connectivity index (χ4v) is 3.32. The van der Waals surface area contributed by atoms with E-state index in [9.17, 15) is 14.0 Å². The monoisotopic (exact) mass is 370 g/mol. The van der Waals surface area contributed by atoms with E-state index in [4.69, 9.17) is 4.74 Å². The van der Waals surface area contributed by atoms with Crippen molar-refractivity contribution in [2.45, 2.75) is 19.3 Å². The van der Waals surface area contributed by atoms with Gasteiger partial charge >= 0.3 is 0 Å². The second kappa shape index (κ2) is 8.66. The molecular formula is C21H23FN2O3. The van der Waals surface area contributed by atoms with Gasteiger partial charge in [-0.05, 0) is 43.2 Å². The maximum absolute atomic E-state index is 13.4. The lowest BCUT2D eigenvalue weighted by Crippen LogP contribution is -2.39. The van der Waals surface area contributed by atoms with Crippen LogP contribution in [0.4, 0.5) is 4.39 Å². The van der Waals surface area contributed by atoms with Crippen LogP contribution in [0.15, 0.2) is 48.5 Å². The minimum atomic E-state index is -0.340. The highest BCUT2D eigenvalue weighted by Gasteiger charge is 2.27. The van der Waals surface area contributed by atoms with Crippen LogP contribution in [0.3, 0.4) is 0 Å². The third-order valence-electron chi connectivity index (χ3n) is 4.69. The Bertz CT molecular complexity index is 825. The van der Waals surface area contributed by atoms with Crippen molar-refractivity contribution in [2.75, 3.05) is 26.2 Å². The van der Waals surface area contributed by atoms with Gasteiger partial charge in [0.2, 0.25) is 5.91 Å². The minimum absolute atomic E-state index is 0.0742. The number of carbonyl (C=O) groups is 2. The van der Waals surface area contributed by atoms with Crippen LogP contribution in [0.1, 0.15) is 35.2 Å². The van der Waals surface area contributed by atoms with E-state index in [1.54, 1.807) is 35.2 Å². The zero-order chi connectivity index (χ0) is 19.2. The summed E-state index contributed by atoms with van der Waals surface area (Å²) in [5.74, 6) is -0.127. The Morgan fingerprint density at radius 2 is 2.04 bits per heavy atom. The first-order valence-electron chi connectivity index (χ1n) is 9.11. The normalized spacial score (nSPS) is 16.2. The minimum Gasteiger partial charge on any atom is -0.493 e. The van der Waals surface area contributed by atoms with Crippen molar-refractivity contribution in [3.8, 4) is 5.75 Å². The summed E-state index contributed by atoms with van der Waals surface area (Å²) < 4.78 is 18.8. The lowest BCUT2D eigenvalue weighted by atomic mass is 9.98. The van der Waals surface area contributed by atoms with Crippen LogP contribution in [0, 0.1) is 5.82 Å². The Kier molecular flexibility index (Phi) is 6.06. The van der Waals surface area contributed by atoms with Gasteiger partial charge < -0.3 is 15.0 Å². The van der Waals surface area contributed by atoms with E-state index in [0.717, 1.165) is 12.0 Å². The number of likely N-dealkylation sites (tertiary alicyclic amines) is 1. The summed E-state index contributed by atoms with van der Waals surface area (Å²) >= 11 is 0. The molecule has 1 fully saturated rings. The summed E-state index contributed by atoms with van der Waals surface area (Å²) in [4.78, 5) is 26.5. The molecule has 6 heteroatoms. The van der Waals surface area contributed by atoms with Gasteiger partial charge in [0, 0.05) is 19.0 Å². The van der Waals surface area contributed by atoms with Crippen LogP contribution in [0.25, 0.3) is 0 Å². The predicted octanol–water partition coefficient (Wildman–Crippen LogP) is 2.97. The molecule has 2 aromatic carbocycles. The van der Waals surface area contributed by atoms with Crippen molar-refractivity contribution in [1.82, 2.24) is 10.2 Å². The van der Waals surface area contributed by atoms with Crippen molar-refractivity contribution in [1.29, 1.82) is 0 Å². The molecule has 2 aromatic rings. The number of amides is 2. The molecule has 1 aliphatic rings. The molecule has 0 aromatic heterocycles. The first kappa shape index (κ1) is 18.9. The molecule has 142 valence electrons. The summed E-state index contributed by atoms with van der Waals surface area (Å²) in [7, 11) is 0. The third-order valence-corrected chi connectivity index (χ3v) is 4.69. The third kappa shape index (κ3) is 4.64. The summed E-state index contributed by atoms with van der Waals surface area (Å²) in [6.45, 7) is 3.37. The van der Waals surface area contributed by atoms with Crippen LogP contribution in [-0.2, 0) is 4.79 Å². The van der Waals surface area contributed by atoms with Gasteiger partial charge in [0.15, 0.2) is 0 Å². The summed E-state index contributed by atoms with van der Waals surface area (Å²) in [5, 5.41) is 2.67. The van der Waals surface area contributed by atoms with Crippen molar-refractivity contribution in [3.05, 3.63) is 65.5 Å². The highest BCUT2D eigenvalue weighted by Crippen LogP contribution is 2.27. The van der Waals surface area contributed by atoms with Crippen LogP contribution in [-0.4, -0.2) is 43.0 Å². The zero-order valence-electron chi connectivity index (χ0n) is 15.3. The molecule has 1 unspecified atom stereocenters. The van der Waals surface area contributed by atoms with Crippen molar-refractivity contribution in [3.63, 3.8) is 0 Å². The molecule has 3 rings (SSSR count). The molecule has 0 radical (unpaired) electrons. The highest BCUT2D eigenvalue weighted by molar-refractivity contribution is 5.98. The Balaban J connectivity index is 1.55. The van der Waals surface area contributed by atoms with Crippen LogP contribution >= 0.6 is 0 Å². The molecular weight excluding hydrogens is 347 g/mol. The number of nitrogens with zero attached hydrogens (tertiary/aromatic N) is 1. The van der Waals surface area contributed by atoms with E-state index in [0.29, 0.717) is 31.0 Å². The first-order valence-corrected chi connectivity index (χ1v) is 9.11. The van der Waals surface area contributed by atoms with Gasteiger partial charge in [-0.1, -0.05) is 24.3 Å². The number of nitrogens with one attached hydrogen (secondary N) is 1. The maximum atomic E-state index is 13.4. The van der Waals surface area contributed by atoms with E-state index >= 15 is 0 Å². The van der Waals surface area contributed by atoms with Crippen LogP contribution < -0.4 is 10.1 Å². The van der Waals surface area contributed by atoms with Gasteiger partial charge in [-0.2, -0.15) is 0 Å². The van der Waals surface area contributed by atoms with E-state index in [1.807, 2.05) is 13.0 Å². The van der Waals surface area contributed by atoms with Gasteiger partial charge in [-0.25, -0.2) is 4.39 Å². The Morgan fingerprint density at radius 1 is 1.22 bits per heavy atom. The molecule has 27 heavy (non-hydrogen) atoms. The molecule has 1 atom stereocenters. The van der Waals surface area contributed by atoms with Crippen LogP contribution in [0.5, 0.6) is 5.75 Å².